The molecular formula is C14H21NO. The molecule has 1 aromatic carbocycles. The fourth-order valence-corrected chi connectivity index (χ4v) is 1.55. The van der Waals surface area contributed by atoms with Gasteiger partial charge in [0, 0.05) is 0 Å². The number of anilines is 1. The van der Waals surface area contributed by atoms with Crippen LogP contribution < -0.4 is 5.06 Å². The van der Waals surface area contributed by atoms with Gasteiger partial charge in [-0.05, 0) is 57.9 Å². The second-order valence-corrected chi connectivity index (χ2v) is 5.02. The van der Waals surface area contributed by atoms with Gasteiger partial charge in [-0.1, -0.05) is 18.2 Å². The maximum atomic E-state index is 10.0. The minimum Gasteiger partial charge on any atom is -0.288 e. The van der Waals surface area contributed by atoms with E-state index in [4.69, 9.17) is 0 Å². The normalized spacial score (nSPS) is 12.1. The Balaban J connectivity index is 3.06. The highest BCUT2D eigenvalue weighted by molar-refractivity contribution is 5.59. The topological polar surface area (TPSA) is 23.5 Å². The summed E-state index contributed by atoms with van der Waals surface area (Å²) < 4.78 is 0. The summed E-state index contributed by atoms with van der Waals surface area (Å²) in [6, 6.07) is 5.97. The first-order valence-corrected chi connectivity index (χ1v) is 5.58. The number of hydroxylamine groups is 1. The highest BCUT2D eigenvalue weighted by Crippen LogP contribution is 2.24. The van der Waals surface area contributed by atoms with Crippen LogP contribution in [0.25, 0.3) is 6.08 Å². The van der Waals surface area contributed by atoms with E-state index in [1.54, 1.807) is 0 Å². The molecule has 2 heteroatoms. The van der Waals surface area contributed by atoms with E-state index in [1.165, 1.54) is 16.2 Å². The van der Waals surface area contributed by atoms with E-state index >= 15 is 0 Å². The van der Waals surface area contributed by atoms with Gasteiger partial charge in [0.25, 0.3) is 0 Å². The van der Waals surface area contributed by atoms with Crippen molar-refractivity contribution in [3.05, 3.63) is 35.4 Å². The van der Waals surface area contributed by atoms with Crippen LogP contribution in [0.1, 0.15) is 38.8 Å². The van der Waals surface area contributed by atoms with Crippen molar-refractivity contribution in [2.45, 2.75) is 40.2 Å². The van der Waals surface area contributed by atoms with Gasteiger partial charge >= 0.3 is 0 Å². The fourth-order valence-electron chi connectivity index (χ4n) is 1.55. The van der Waals surface area contributed by atoms with Crippen LogP contribution in [0.5, 0.6) is 0 Å². The minimum atomic E-state index is -0.283. The molecule has 0 aliphatic heterocycles. The molecule has 2 nitrogen and oxygen atoms in total. The summed E-state index contributed by atoms with van der Waals surface area (Å²) in [7, 11) is 0. The zero-order chi connectivity index (χ0) is 12.3. The van der Waals surface area contributed by atoms with Crippen molar-refractivity contribution in [3.63, 3.8) is 0 Å². The highest BCUT2D eigenvalue weighted by atomic mass is 16.5. The predicted molar refractivity (Wildman–Crippen MR) is 69.9 cm³/mol. The van der Waals surface area contributed by atoms with E-state index in [9.17, 15) is 5.21 Å². The van der Waals surface area contributed by atoms with Gasteiger partial charge in [-0.25, -0.2) is 0 Å². The molecular weight excluding hydrogens is 198 g/mol. The van der Waals surface area contributed by atoms with Crippen LogP contribution in [0.15, 0.2) is 24.3 Å². The molecule has 0 atom stereocenters. The van der Waals surface area contributed by atoms with Crippen molar-refractivity contribution in [1.82, 2.24) is 0 Å². The van der Waals surface area contributed by atoms with E-state index in [2.05, 4.69) is 13.0 Å². The summed E-state index contributed by atoms with van der Waals surface area (Å²) in [6.45, 7) is 9.97. The molecule has 0 amide bonds. The van der Waals surface area contributed by atoms with E-state index in [1.807, 2.05) is 52.0 Å². The maximum Gasteiger partial charge on any atom is 0.0643 e. The second-order valence-electron chi connectivity index (χ2n) is 5.02. The number of rotatable bonds is 2. The van der Waals surface area contributed by atoms with Gasteiger partial charge in [0.2, 0.25) is 0 Å². The Morgan fingerprint density at radius 2 is 1.88 bits per heavy atom. The van der Waals surface area contributed by atoms with Crippen LogP contribution in [-0.4, -0.2) is 10.7 Å². The van der Waals surface area contributed by atoms with Gasteiger partial charge in [-0.2, -0.15) is 0 Å². The van der Waals surface area contributed by atoms with E-state index in [0.29, 0.717) is 0 Å². The van der Waals surface area contributed by atoms with Crippen molar-refractivity contribution in [1.29, 1.82) is 0 Å². The van der Waals surface area contributed by atoms with E-state index < -0.39 is 0 Å². The van der Waals surface area contributed by atoms with Crippen LogP contribution in [0.4, 0.5) is 5.69 Å². The van der Waals surface area contributed by atoms with Gasteiger partial charge in [0.15, 0.2) is 0 Å². The molecule has 0 bridgehead atoms. The molecule has 0 heterocycles. The zero-order valence-corrected chi connectivity index (χ0v) is 10.8. The first kappa shape index (κ1) is 12.8. The molecule has 1 N–H and O–H groups in total. The lowest BCUT2D eigenvalue weighted by Crippen LogP contribution is -2.38. The van der Waals surface area contributed by atoms with Gasteiger partial charge in [-0.15, -0.1) is 0 Å². The van der Waals surface area contributed by atoms with Gasteiger partial charge in [0.1, 0.15) is 0 Å². The van der Waals surface area contributed by atoms with Crippen LogP contribution >= 0.6 is 0 Å². The molecule has 0 unspecified atom stereocenters. The molecule has 0 aliphatic carbocycles. The number of hydrogen-bond acceptors (Lipinski definition) is 2. The number of aryl methyl sites for hydroxylation is 1. The molecule has 1 rings (SSSR count). The molecule has 88 valence electrons. The molecule has 0 saturated carbocycles. The predicted octanol–water partition coefficient (Wildman–Crippen LogP) is 4.02. The monoisotopic (exact) mass is 219 g/mol. The van der Waals surface area contributed by atoms with E-state index in [-0.39, 0.29) is 5.54 Å². The SMILES string of the molecule is C/C=C/c1ccc(N(O)C(C)(C)C)cc1C. The van der Waals surface area contributed by atoms with Crippen molar-refractivity contribution in [3.8, 4) is 0 Å². The summed E-state index contributed by atoms with van der Waals surface area (Å²) in [5, 5.41) is 11.3. The van der Waals surface area contributed by atoms with Crippen LogP contribution in [0.2, 0.25) is 0 Å². The standard InChI is InChI=1S/C14H21NO/c1-6-7-12-8-9-13(10-11(12)2)15(16)14(3,4)5/h6-10,16H,1-5H3/b7-6+. The molecule has 0 aliphatic rings. The number of nitrogens with zero attached hydrogens (tertiary/aromatic N) is 1. The highest BCUT2D eigenvalue weighted by Gasteiger charge is 2.19. The number of allylic oxidation sites excluding steroid dienone is 1. The summed E-state index contributed by atoms with van der Waals surface area (Å²) in [4.78, 5) is 0. The smallest absolute Gasteiger partial charge is 0.0643 e. The Morgan fingerprint density at radius 3 is 2.31 bits per heavy atom. The average molecular weight is 219 g/mol. The average Bonchev–Trinajstić information content (AvgIpc) is 2.19. The lowest BCUT2D eigenvalue weighted by molar-refractivity contribution is 0.181. The molecule has 0 aromatic heterocycles. The maximum absolute atomic E-state index is 10.0. The van der Waals surface area contributed by atoms with Crippen LogP contribution in [-0.2, 0) is 0 Å². The summed E-state index contributed by atoms with van der Waals surface area (Å²) in [5.74, 6) is 0. The van der Waals surface area contributed by atoms with Crippen molar-refractivity contribution < 1.29 is 5.21 Å². The third-order valence-corrected chi connectivity index (χ3v) is 2.48. The molecule has 0 spiro atoms. The summed E-state index contributed by atoms with van der Waals surface area (Å²) in [5.41, 5.74) is 2.90. The lowest BCUT2D eigenvalue weighted by Gasteiger charge is -2.31. The second kappa shape index (κ2) is 4.71. The number of hydrogen-bond donors (Lipinski definition) is 1. The molecule has 0 radical (unpaired) electrons. The van der Waals surface area contributed by atoms with Gasteiger partial charge < -0.3 is 0 Å². The largest absolute Gasteiger partial charge is 0.288 e. The quantitative estimate of drug-likeness (QED) is 0.759. The Morgan fingerprint density at radius 1 is 1.25 bits per heavy atom. The van der Waals surface area contributed by atoms with Crippen LogP contribution in [0, 0.1) is 6.92 Å². The van der Waals surface area contributed by atoms with Crippen molar-refractivity contribution >= 4 is 11.8 Å². The van der Waals surface area contributed by atoms with Gasteiger partial charge in [-0.3, -0.25) is 10.3 Å². The van der Waals surface area contributed by atoms with Gasteiger partial charge in [0.05, 0.1) is 11.2 Å². The third-order valence-electron chi connectivity index (χ3n) is 2.48. The Bertz CT molecular complexity index is 388. The third kappa shape index (κ3) is 2.86. The first-order valence-electron chi connectivity index (χ1n) is 5.58. The first-order chi connectivity index (χ1) is 7.36. The fraction of sp³-hybridized carbons (Fsp3) is 0.429. The lowest BCUT2D eigenvalue weighted by atomic mass is 10.0. The molecule has 0 fully saturated rings. The van der Waals surface area contributed by atoms with Crippen molar-refractivity contribution in [2.24, 2.45) is 0 Å². The zero-order valence-electron chi connectivity index (χ0n) is 10.8. The molecule has 1 aromatic rings. The summed E-state index contributed by atoms with van der Waals surface area (Å²) in [6.07, 6.45) is 4.08. The van der Waals surface area contributed by atoms with Crippen molar-refractivity contribution in [2.75, 3.05) is 5.06 Å². The Hall–Kier alpha value is -1.28. The Kier molecular flexibility index (Phi) is 3.76. The Labute approximate surface area is 98.2 Å². The van der Waals surface area contributed by atoms with E-state index in [0.717, 1.165) is 5.69 Å². The summed E-state index contributed by atoms with van der Waals surface area (Å²) >= 11 is 0. The van der Waals surface area contributed by atoms with Crippen LogP contribution in [0.3, 0.4) is 0 Å². The molecule has 0 saturated heterocycles. The number of benzene rings is 1. The molecule has 16 heavy (non-hydrogen) atoms. The minimum absolute atomic E-state index is 0.283.